The SMILES string of the molecule is CC(C)NC(=O)N1CCC[C@H]1C(=O)N1CC(C(=O)O)O[C@H](C)C1. The van der Waals surface area contributed by atoms with Crippen LogP contribution in [0.15, 0.2) is 0 Å². The molecule has 2 fully saturated rings. The fourth-order valence-corrected chi connectivity index (χ4v) is 3.07. The van der Waals surface area contributed by atoms with Crippen LogP contribution in [0.25, 0.3) is 0 Å². The van der Waals surface area contributed by atoms with Gasteiger partial charge < -0.3 is 25.0 Å². The zero-order valence-corrected chi connectivity index (χ0v) is 13.8. The summed E-state index contributed by atoms with van der Waals surface area (Å²) in [6.45, 7) is 6.38. The van der Waals surface area contributed by atoms with Gasteiger partial charge >= 0.3 is 12.0 Å². The van der Waals surface area contributed by atoms with Gasteiger partial charge in [0, 0.05) is 19.1 Å². The van der Waals surface area contributed by atoms with Crippen LogP contribution in [0, 0.1) is 0 Å². The van der Waals surface area contributed by atoms with Gasteiger partial charge in [0.25, 0.3) is 0 Å². The zero-order chi connectivity index (χ0) is 17.1. The lowest BCUT2D eigenvalue weighted by Crippen LogP contribution is -2.57. The van der Waals surface area contributed by atoms with Gasteiger partial charge in [-0.25, -0.2) is 9.59 Å². The number of nitrogens with one attached hydrogen (secondary N) is 1. The molecular weight excluding hydrogens is 302 g/mol. The van der Waals surface area contributed by atoms with E-state index < -0.39 is 18.1 Å². The second-order valence-electron chi connectivity index (χ2n) is 6.47. The van der Waals surface area contributed by atoms with E-state index in [-0.39, 0.29) is 30.6 Å². The Kier molecular flexibility index (Phi) is 5.46. The molecule has 3 atom stereocenters. The van der Waals surface area contributed by atoms with E-state index in [1.54, 1.807) is 11.8 Å². The van der Waals surface area contributed by atoms with Crippen molar-refractivity contribution in [2.45, 2.75) is 57.9 Å². The van der Waals surface area contributed by atoms with Crippen molar-refractivity contribution in [1.29, 1.82) is 0 Å². The molecule has 0 saturated carbocycles. The maximum absolute atomic E-state index is 12.8. The van der Waals surface area contributed by atoms with E-state index in [1.165, 1.54) is 4.90 Å². The summed E-state index contributed by atoms with van der Waals surface area (Å²) in [5, 5.41) is 11.9. The average Bonchev–Trinajstić information content (AvgIpc) is 2.94. The largest absolute Gasteiger partial charge is 0.479 e. The van der Waals surface area contributed by atoms with Gasteiger partial charge in [-0.15, -0.1) is 0 Å². The van der Waals surface area contributed by atoms with E-state index in [1.807, 2.05) is 13.8 Å². The van der Waals surface area contributed by atoms with Crippen molar-refractivity contribution in [1.82, 2.24) is 15.1 Å². The summed E-state index contributed by atoms with van der Waals surface area (Å²) >= 11 is 0. The molecule has 8 heteroatoms. The van der Waals surface area contributed by atoms with Crippen molar-refractivity contribution in [3.8, 4) is 0 Å². The van der Waals surface area contributed by atoms with Gasteiger partial charge in [0.05, 0.1) is 12.6 Å². The highest BCUT2D eigenvalue weighted by Gasteiger charge is 2.40. The molecule has 0 bridgehead atoms. The Labute approximate surface area is 135 Å². The molecule has 2 N–H and O–H groups in total. The van der Waals surface area contributed by atoms with Crippen molar-refractivity contribution in [3.63, 3.8) is 0 Å². The number of hydrogen-bond acceptors (Lipinski definition) is 4. The highest BCUT2D eigenvalue weighted by Crippen LogP contribution is 2.22. The lowest BCUT2D eigenvalue weighted by Gasteiger charge is -2.37. The number of carbonyl (C=O) groups is 3. The molecule has 0 aromatic heterocycles. The van der Waals surface area contributed by atoms with Crippen molar-refractivity contribution < 1.29 is 24.2 Å². The molecule has 23 heavy (non-hydrogen) atoms. The number of amides is 3. The highest BCUT2D eigenvalue weighted by atomic mass is 16.5. The number of morpholine rings is 1. The van der Waals surface area contributed by atoms with Gasteiger partial charge in [0.1, 0.15) is 6.04 Å². The van der Waals surface area contributed by atoms with E-state index >= 15 is 0 Å². The van der Waals surface area contributed by atoms with Crippen LogP contribution in [0.5, 0.6) is 0 Å². The van der Waals surface area contributed by atoms with E-state index in [0.717, 1.165) is 6.42 Å². The van der Waals surface area contributed by atoms with Crippen LogP contribution in [-0.2, 0) is 14.3 Å². The molecule has 3 amide bonds. The van der Waals surface area contributed by atoms with Crippen LogP contribution in [0.4, 0.5) is 4.79 Å². The first-order valence-electron chi connectivity index (χ1n) is 8.03. The summed E-state index contributed by atoms with van der Waals surface area (Å²) in [5.41, 5.74) is 0. The third kappa shape index (κ3) is 4.13. The first kappa shape index (κ1) is 17.5. The first-order chi connectivity index (χ1) is 10.8. The molecular formula is C15H25N3O5. The number of rotatable bonds is 3. The van der Waals surface area contributed by atoms with E-state index in [0.29, 0.717) is 19.5 Å². The van der Waals surface area contributed by atoms with E-state index in [2.05, 4.69) is 5.32 Å². The fourth-order valence-electron chi connectivity index (χ4n) is 3.07. The summed E-state index contributed by atoms with van der Waals surface area (Å²) in [4.78, 5) is 39.2. The summed E-state index contributed by atoms with van der Waals surface area (Å²) < 4.78 is 5.33. The van der Waals surface area contributed by atoms with Gasteiger partial charge in [-0.3, -0.25) is 4.79 Å². The number of urea groups is 1. The first-order valence-corrected chi connectivity index (χ1v) is 8.03. The lowest BCUT2D eigenvalue weighted by atomic mass is 10.1. The lowest BCUT2D eigenvalue weighted by molar-refractivity contribution is -0.167. The van der Waals surface area contributed by atoms with Crippen molar-refractivity contribution in [3.05, 3.63) is 0 Å². The number of aliphatic carboxylic acids is 1. The molecule has 0 spiro atoms. The Bertz CT molecular complexity index is 482. The van der Waals surface area contributed by atoms with Crippen LogP contribution >= 0.6 is 0 Å². The Hall–Kier alpha value is -1.83. The zero-order valence-electron chi connectivity index (χ0n) is 13.8. The molecule has 0 aromatic carbocycles. The number of carboxylic acid groups (broad SMARTS) is 1. The van der Waals surface area contributed by atoms with Gasteiger partial charge in [-0.05, 0) is 33.6 Å². The molecule has 2 aliphatic rings. The number of likely N-dealkylation sites (tertiary alicyclic amines) is 1. The van der Waals surface area contributed by atoms with Crippen molar-refractivity contribution in [2.24, 2.45) is 0 Å². The molecule has 0 radical (unpaired) electrons. The monoisotopic (exact) mass is 327 g/mol. The number of ether oxygens (including phenoxy) is 1. The van der Waals surface area contributed by atoms with E-state index in [4.69, 9.17) is 9.84 Å². The molecule has 2 aliphatic heterocycles. The van der Waals surface area contributed by atoms with Crippen LogP contribution in [0.3, 0.4) is 0 Å². The van der Waals surface area contributed by atoms with Gasteiger partial charge in [-0.2, -0.15) is 0 Å². The maximum atomic E-state index is 12.8. The quantitative estimate of drug-likeness (QED) is 0.775. The number of carbonyl (C=O) groups excluding carboxylic acids is 2. The summed E-state index contributed by atoms with van der Waals surface area (Å²) in [6, 6.07) is -0.765. The predicted molar refractivity (Wildman–Crippen MR) is 81.9 cm³/mol. The molecule has 1 unspecified atom stereocenters. The summed E-state index contributed by atoms with van der Waals surface area (Å²) in [6.07, 6.45) is 0.0213. The molecule has 2 heterocycles. The molecule has 8 nitrogen and oxygen atoms in total. The normalized spacial score (nSPS) is 28.1. The van der Waals surface area contributed by atoms with Gasteiger partial charge in [-0.1, -0.05) is 0 Å². The minimum absolute atomic E-state index is 0.00125. The predicted octanol–water partition coefficient (Wildman–Crippen LogP) is 0.269. The molecule has 2 saturated heterocycles. The van der Waals surface area contributed by atoms with Crippen molar-refractivity contribution in [2.75, 3.05) is 19.6 Å². The molecule has 0 aromatic rings. The Balaban J connectivity index is 2.05. The highest BCUT2D eigenvalue weighted by molar-refractivity contribution is 5.88. The second-order valence-corrected chi connectivity index (χ2v) is 6.47. The molecule has 130 valence electrons. The third-order valence-corrected chi connectivity index (χ3v) is 4.06. The van der Waals surface area contributed by atoms with Crippen LogP contribution in [0.2, 0.25) is 0 Å². The maximum Gasteiger partial charge on any atom is 0.334 e. The van der Waals surface area contributed by atoms with Crippen molar-refractivity contribution >= 4 is 17.9 Å². The van der Waals surface area contributed by atoms with E-state index in [9.17, 15) is 14.4 Å². The molecule has 0 aliphatic carbocycles. The minimum Gasteiger partial charge on any atom is -0.479 e. The minimum atomic E-state index is -1.07. The Morgan fingerprint density at radius 2 is 1.96 bits per heavy atom. The smallest absolute Gasteiger partial charge is 0.334 e. The summed E-state index contributed by atoms with van der Waals surface area (Å²) in [7, 11) is 0. The fraction of sp³-hybridized carbons (Fsp3) is 0.800. The molecule has 2 rings (SSSR count). The van der Waals surface area contributed by atoms with Crippen LogP contribution in [0.1, 0.15) is 33.6 Å². The number of carboxylic acids is 1. The Morgan fingerprint density at radius 1 is 1.26 bits per heavy atom. The topological polar surface area (TPSA) is 99.2 Å². The number of nitrogens with zero attached hydrogens (tertiary/aromatic N) is 2. The van der Waals surface area contributed by atoms with Crippen LogP contribution in [-0.4, -0.2) is 76.7 Å². The average molecular weight is 327 g/mol. The van der Waals surface area contributed by atoms with Gasteiger partial charge in [0.15, 0.2) is 6.10 Å². The number of hydrogen-bond donors (Lipinski definition) is 2. The van der Waals surface area contributed by atoms with Crippen LogP contribution < -0.4 is 5.32 Å². The third-order valence-electron chi connectivity index (χ3n) is 4.06. The Morgan fingerprint density at radius 3 is 2.57 bits per heavy atom. The second kappa shape index (κ2) is 7.16. The summed E-state index contributed by atoms with van der Waals surface area (Å²) in [5.74, 6) is -1.27. The standard InChI is InChI=1S/C15H25N3O5/c1-9(2)16-15(22)18-6-4-5-11(18)13(19)17-7-10(3)23-12(8-17)14(20)21/h9-12H,4-8H2,1-3H3,(H,16,22)(H,20,21)/t10-,11+,12?/m1/s1. The van der Waals surface area contributed by atoms with Gasteiger partial charge in [0.2, 0.25) is 5.91 Å².